The SMILES string of the molecule is Cc1onc(-c2c(F)cccc2Cl)c1C(=O)N1CCN(Cc2cc(=O)c(OCc3ccc(C(C)(C)C)cc3)co2)CC1. The average Bonchev–Trinajstić information content (AvgIpc) is 3.33. The fourth-order valence-corrected chi connectivity index (χ4v) is 5.15. The van der Waals surface area contributed by atoms with Gasteiger partial charge in [-0.25, -0.2) is 4.39 Å². The van der Waals surface area contributed by atoms with Crippen LogP contribution in [0, 0.1) is 12.7 Å². The maximum Gasteiger partial charge on any atom is 0.259 e. The zero-order valence-corrected chi connectivity index (χ0v) is 24.8. The van der Waals surface area contributed by atoms with E-state index in [1.54, 1.807) is 17.9 Å². The molecule has 0 saturated carbocycles. The number of piperazine rings is 1. The van der Waals surface area contributed by atoms with Gasteiger partial charge in [0.25, 0.3) is 5.91 Å². The van der Waals surface area contributed by atoms with Crippen LogP contribution in [0.4, 0.5) is 4.39 Å². The Kier molecular flexibility index (Phi) is 8.52. The highest BCUT2D eigenvalue weighted by atomic mass is 35.5. The van der Waals surface area contributed by atoms with Crippen molar-refractivity contribution in [2.45, 2.75) is 46.3 Å². The first-order chi connectivity index (χ1) is 20.0. The molecule has 0 bridgehead atoms. The summed E-state index contributed by atoms with van der Waals surface area (Å²) in [5.41, 5.74) is 2.33. The van der Waals surface area contributed by atoms with E-state index in [1.165, 1.54) is 30.0 Å². The lowest BCUT2D eigenvalue weighted by atomic mass is 9.87. The monoisotopic (exact) mass is 593 g/mol. The molecular weight excluding hydrogens is 561 g/mol. The van der Waals surface area contributed by atoms with Crippen LogP contribution in [0.3, 0.4) is 0 Å². The molecule has 3 heterocycles. The van der Waals surface area contributed by atoms with Gasteiger partial charge < -0.3 is 18.6 Å². The Morgan fingerprint density at radius 2 is 1.81 bits per heavy atom. The molecule has 42 heavy (non-hydrogen) atoms. The van der Waals surface area contributed by atoms with Crippen molar-refractivity contribution in [1.29, 1.82) is 0 Å². The van der Waals surface area contributed by atoms with Crippen LogP contribution >= 0.6 is 11.6 Å². The Morgan fingerprint density at radius 3 is 2.45 bits per heavy atom. The van der Waals surface area contributed by atoms with Crippen molar-refractivity contribution in [3.63, 3.8) is 0 Å². The molecule has 0 spiro atoms. The average molecular weight is 594 g/mol. The molecule has 0 N–H and O–H groups in total. The molecule has 0 radical (unpaired) electrons. The normalized spacial score (nSPS) is 14.3. The molecule has 5 rings (SSSR count). The quantitative estimate of drug-likeness (QED) is 0.251. The van der Waals surface area contributed by atoms with Crippen molar-refractivity contribution in [2.24, 2.45) is 0 Å². The molecule has 220 valence electrons. The van der Waals surface area contributed by atoms with Gasteiger partial charge in [0.15, 0.2) is 0 Å². The molecule has 2 aromatic carbocycles. The van der Waals surface area contributed by atoms with Crippen molar-refractivity contribution in [1.82, 2.24) is 15.0 Å². The maximum atomic E-state index is 14.6. The molecule has 1 aliphatic heterocycles. The first kappa shape index (κ1) is 29.5. The van der Waals surface area contributed by atoms with E-state index < -0.39 is 5.82 Å². The molecule has 0 atom stereocenters. The second-order valence-corrected chi connectivity index (χ2v) is 11.8. The van der Waals surface area contributed by atoms with Crippen molar-refractivity contribution in [3.8, 4) is 17.0 Å². The first-order valence-corrected chi connectivity index (χ1v) is 14.2. The van der Waals surface area contributed by atoms with E-state index >= 15 is 0 Å². The number of benzene rings is 2. The fraction of sp³-hybridized carbons (Fsp3) is 0.344. The molecule has 8 nitrogen and oxygen atoms in total. The topological polar surface area (TPSA) is 89.0 Å². The molecule has 1 amide bonds. The Balaban J connectivity index is 1.17. The van der Waals surface area contributed by atoms with E-state index in [1.807, 2.05) is 12.1 Å². The fourth-order valence-electron chi connectivity index (χ4n) is 4.90. The molecule has 0 unspecified atom stereocenters. The van der Waals surface area contributed by atoms with Crippen LogP contribution in [0.15, 0.2) is 68.5 Å². The van der Waals surface area contributed by atoms with E-state index in [9.17, 15) is 14.0 Å². The summed E-state index contributed by atoms with van der Waals surface area (Å²) in [5, 5.41) is 4.09. The highest BCUT2D eigenvalue weighted by Crippen LogP contribution is 2.34. The number of carbonyl (C=O) groups is 1. The zero-order valence-electron chi connectivity index (χ0n) is 24.1. The minimum atomic E-state index is -0.581. The summed E-state index contributed by atoms with van der Waals surface area (Å²) in [7, 11) is 0. The lowest BCUT2D eigenvalue weighted by Gasteiger charge is -2.34. The van der Waals surface area contributed by atoms with E-state index in [0.29, 0.717) is 44.2 Å². The number of hydrogen-bond acceptors (Lipinski definition) is 7. The van der Waals surface area contributed by atoms with Gasteiger partial charge >= 0.3 is 0 Å². The van der Waals surface area contributed by atoms with Gasteiger partial charge in [-0.05, 0) is 35.6 Å². The second-order valence-electron chi connectivity index (χ2n) is 11.4. The molecule has 1 aliphatic rings. The number of amides is 1. The third-order valence-electron chi connectivity index (χ3n) is 7.38. The van der Waals surface area contributed by atoms with Gasteiger partial charge in [0.2, 0.25) is 11.2 Å². The van der Waals surface area contributed by atoms with Gasteiger partial charge in [-0.3, -0.25) is 14.5 Å². The highest BCUT2D eigenvalue weighted by molar-refractivity contribution is 6.33. The summed E-state index contributed by atoms with van der Waals surface area (Å²) >= 11 is 6.22. The Hall–Kier alpha value is -3.95. The van der Waals surface area contributed by atoms with E-state index in [4.69, 9.17) is 25.3 Å². The summed E-state index contributed by atoms with van der Waals surface area (Å²) in [6.07, 6.45) is 1.35. The van der Waals surface area contributed by atoms with Crippen LogP contribution in [0.2, 0.25) is 5.02 Å². The highest BCUT2D eigenvalue weighted by Gasteiger charge is 2.30. The lowest BCUT2D eigenvalue weighted by Crippen LogP contribution is -2.48. The van der Waals surface area contributed by atoms with Crippen molar-refractivity contribution in [3.05, 3.63) is 104 Å². The minimum Gasteiger partial charge on any atom is -0.482 e. The molecular formula is C32H33ClFN3O5. The van der Waals surface area contributed by atoms with Crippen LogP contribution in [0.1, 0.15) is 53.8 Å². The number of halogens is 2. The Bertz CT molecular complexity index is 1610. The number of ether oxygens (including phenoxy) is 1. The van der Waals surface area contributed by atoms with Gasteiger partial charge in [0, 0.05) is 32.2 Å². The van der Waals surface area contributed by atoms with Gasteiger partial charge in [0.05, 0.1) is 17.1 Å². The predicted molar refractivity (Wildman–Crippen MR) is 157 cm³/mol. The van der Waals surface area contributed by atoms with Gasteiger partial charge in [-0.15, -0.1) is 0 Å². The standard InChI is InChI=1S/C32H33ClFN3O5/c1-20-28(30(35-42-20)29-24(33)6-5-7-25(29)34)31(39)37-14-12-36(13-15-37)17-23-16-26(38)27(19-40-23)41-18-21-8-10-22(11-9-21)32(2,3)4/h5-11,16,19H,12-15,17-18H2,1-4H3. The van der Waals surface area contributed by atoms with Crippen molar-refractivity contribution >= 4 is 17.5 Å². The number of nitrogens with zero attached hydrogens (tertiary/aromatic N) is 3. The number of aromatic nitrogens is 1. The smallest absolute Gasteiger partial charge is 0.259 e. The van der Waals surface area contributed by atoms with Crippen molar-refractivity contribution in [2.75, 3.05) is 26.2 Å². The Labute approximate surface area is 248 Å². The van der Waals surface area contributed by atoms with Gasteiger partial charge in [0.1, 0.15) is 41.5 Å². The Morgan fingerprint density at radius 1 is 1.10 bits per heavy atom. The van der Waals surface area contributed by atoms with E-state index in [2.05, 4.69) is 43.0 Å². The molecule has 2 aromatic heterocycles. The number of hydrogen-bond donors (Lipinski definition) is 0. The van der Waals surface area contributed by atoms with Crippen LogP contribution in [0.5, 0.6) is 5.75 Å². The molecule has 0 aliphatic carbocycles. The zero-order chi connectivity index (χ0) is 30.0. The summed E-state index contributed by atoms with van der Waals surface area (Å²) in [5.74, 6) is 0.0748. The number of aryl methyl sites for hydroxylation is 1. The second kappa shape index (κ2) is 12.1. The summed E-state index contributed by atoms with van der Waals surface area (Å²) in [4.78, 5) is 29.9. The summed E-state index contributed by atoms with van der Waals surface area (Å²) in [6.45, 7) is 10.7. The number of rotatable bonds is 7. The molecule has 1 saturated heterocycles. The maximum absolute atomic E-state index is 14.6. The molecule has 4 aromatic rings. The van der Waals surface area contributed by atoms with Gasteiger partial charge in [-0.2, -0.15) is 0 Å². The summed E-state index contributed by atoms with van der Waals surface area (Å²) < 4.78 is 31.3. The largest absolute Gasteiger partial charge is 0.482 e. The number of carbonyl (C=O) groups excluding carboxylic acids is 1. The van der Waals surface area contributed by atoms with Crippen LogP contribution < -0.4 is 10.2 Å². The van der Waals surface area contributed by atoms with Gasteiger partial charge in [-0.1, -0.05) is 67.9 Å². The third kappa shape index (κ3) is 6.42. The summed E-state index contributed by atoms with van der Waals surface area (Å²) in [6, 6.07) is 13.9. The van der Waals surface area contributed by atoms with E-state index in [0.717, 1.165) is 5.56 Å². The van der Waals surface area contributed by atoms with Crippen molar-refractivity contribution < 1.29 is 22.9 Å². The lowest BCUT2D eigenvalue weighted by molar-refractivity contribution is 0.0618. The first-order valence-electron chi connectivity index (χ1n) is 13.8. The minimum absolute atomic E-state index is 0.0406. The predicted octanol–water partition coefficient (Wildman–Crippen LogP) is 6.23. The molecule has 1 fully saturated rings. The van der Waals surface area contributed by atoms with Crippen LogP contribution in [0.25, 0.3) is 11.3 Å². The third-order valence-corrected chi connectivity index (χ3v) is 7.70. The van der Waals surface area contributed by atoms with E-state index in [-0.39, 0.29) is 51.0 Å². The molecule has 10 heteroatoms. The van der Waals surface area contributed by atoms with Crippen LogP contribution in [-0.4, -0.2) is 47.0 Å². The van der Waals surface area contributed by atoms with Crippen LogP contribution in [-0.2, 0) is 18.6 Å².